The average Bonchev–Trinajstić information content (AvgIpc) is 2.38. The van der Waals surface area contributed by atoms with Gasteiger partial charge in [0.25, 0.3) is 0 Å². The van der Waals surface area contributed by atoms with E-state index in [9.17, 15) is 0 Å². The molecule has 1 aromatic rings. The normalized spacial score (nSPS) is 9.94. The third-order valence-electron chi connectivity index (χ3n) is 2.24. The molecule has 2 N–H and O–H groups in total. The lowest BCUT2D eigenvalue weighted by Gasteiger charge is -2.20. The van der Waals surface area contributed by atoms with E-state index in [2.05, 4.69) is 15.0 Å². The fourth-order valence-corrected chi connectivity index (χ4v) is 1.39. The van der Waals surface area contributed by atoms with Gasteiger partial charge >= 0.3 is 12.0 Å². The highest BCUT2D eigenvalue weighted by molar-refractivity contribution is 7.80. The van der Waals surface area contributed by atoms with Crippen molar-refractivity contribution in [3.8, 4) is 12.0 Å². The van der Waals surface area contributed by atoms with Crippen LogP contribution >= 0.6 is 12.2 Å². The summed E-state index contributed by atoms with van der Waals surface area (Å²) in [6, 6.07) is 0.427. The van der Waals surface area contributed by atoms with Crippen LogP contribution < -0.4 is 20.1 Å². The summed E-state index contributed by atoms with van der Waals surface area (Å²) in [5, 5.41) is 0. The van der Waals surface area contributed by atoms with E-state index in [0.717, 1.165) is 6.54 Å². The summed E-state index contributed by atoms with van der Waals surface area (Å²) in [5.74, 6) is 0.484. The molecule has 0 aliphatic rings. The smallest absolute Gasteiger partial charge is 0.324 e. The first-order valence-corrected chi connectivity index (χ1v) is 5.88. The summed E-state index contributed by atoms with van der Waals surface area (Å²) in [5.41, 5.74) is 5.49. The Morgan fingerprint density at radius 3 is 2.17 bits per heavy atom. The van der Waals surface area contributed by atoms with Gasteiger partial charge in [0.05, 0.1) is 19.2 Å². The number of rotatable bonds is 7. The van der Waals surface area contributed by atoms with Crippen LogP contribution in [0.3, 0.4) is 0 Å². The van der Waals surface area contributed by atoms with E-state index < -0.39 is 0 Å². The van der Waals surface area contributed by atoms with E-state index in [1.165, 1.54) is 14.2 Å². The van der Waals surface area contributed by atoms with Gasteiger partial charge in [-0.25, -0.2) is 0 Å². The second kappa shape index (κ2) is 6.90. The molecule has 0 aliphatic heterocycles. The molecule has 0 amide bonds. The maximum atomic E-state index is 5.49. The van der Waals surface area contributed by atoms with Gasteiger partial charge in [0.15, 0.2) is 0 Å². The van der Waals surface area contributed by atoms with Crippen molar-refractivity contribution in [3.05, 3.63) is 0 Å². The lowest BCUT2D eigenvalue weighted by Crippen LogP contribution is -2.29. The Labute approximate surface area is 111 Å². The van der Waals surface area contributed by atoms with Crippen LogP contribution in [-0.2, 0) is 0 Å². The predicted octanol–water partition coefficient (Wildman–Crippen LogP) is 0.391. The molecule has 0 radical (unpaired) electrons. The summed E-state index contributed by atoms with van der Waals surface area (Å²) >= 11 is 4.86. The van der Waals surface area contributed by atoms with Crippen molar-refractivity contribution >= 4 is 23.2 Å². The van der Waals surface area contributed by atoms with Crippen molar-refractivity contribution in [1.29, 1.82) is 0 Å². The largest absolute Gasteiger partial charge is 0.467 e. The van der Waals surface area contributed by atoms with Crippen molar-refractivity contribution in [2.75, 3.05) is 32.2 Å². The Bertz CT molecular complexity index is 393. The number of hydrogen-bond donors (Lipinski definition) is 1. The first-order chi connectivity index (χ1) is 8.60. The Morgan fingerprint density at radius 1 is 1.22 bits per heavy atom. The number of hydrogen-bond acceptors (Lipinski definition) is 7. The number of nitrogens with zero attached hydrogens (tertiary/aromatic N) is 4. The molecule has 1 rings (SSSR count). The first-order valence-electron chi connectivity index (χ1n) is 5.48. The van der Waals surface area contributed by atoms with E-state index in [4.69, 9.17) is 27.4 Å². The molecule has 0 aliphatic carbocycles. The predicted molar refractivity (Wildman–Crippen MR) is 72.2 cm³/mol. The highest BCUT2D eigenvalue weighted by Crippen LogP contribution is 2.15. The van der Waals surface area contributed by atoms with Crippen LogP contribution in [0.2, 0.25) is 0 Å². The molecule has 0 bridgehead atoms. The fraction of sp³-hybridized carbons (Fsp3) is 0.600. The van der Waals surface area contributed by atoms with Gasteiger partial charge in [-0.15, -0.1) is 4.98 Å². The zero-order valence-corrected chi connectivity index (χ0v) is 11.5. The quantitative estimate of drug-likeness (QED) is 0.713. The first kappa shape index (κ1) is 14.4. The maximum absolute atomic E-state index is 5.49. The van der Waals surface area contributed by atoms with Crippen LogP contribution in [0.1, 0.15) is 13.3 Å². The monoisotopic (exact) mass is 271 g/mol. The summed E-state index contributed by atoms with van der Waals surface area (Å²) < 4.78 is 10.00. The van der Waals surface area contributed by atoms with Crippen LogP contribution in [0, 0.1) is 0 Å². The van der Waals surface area contributed by atoms with Gasteiger partial charge in [-0.3, -0.25) is 0 Å². The Kier molecular flexibility index (Phi) is 5.50. The van der Waals surface area contributed by atoms with Crippen LogP contribution in [0.25, 0.3) is 0 Å². The molecule has 0 unspecified atom stereocenters. The van der Waals surface area contributed by atoms with Crippen molar-refractivity contribution in [3.63, 3.8) is 0 Å². The van der Waals surface area contributed by atoms with Gasteiger partial charge in [-0.1, -0.05) is 12.2 Å². The molecule has 0 saturated carbocycles. The summed E-state index contributed by atoms with van der Waals surface area (Å²) in [4.78, 5) is 14.7. The van der Waals surface area contributed by atoms with Gasteiger partial charge in [-0.2, -0.15) is 9.97 Å². The minimum absolute atomic E-state index is 0.214. The zero-order valence-electron chi connectivity index (χ0n) is 10.7. The molecule has 18 heavy (non-hydrogen) atoms. The van der Waals surface area contributed by atoms with Gasteiger partial charge in [0.1, 0.15) is 0 Å². The Hall–Kier alpha value is -1.70. The highest BCUT2D eigenvalue weighted by atomic mass is 32.1. The standard InChI is InChI=1S/C10H17N5O2S/c1-4-15(6-5-7(11)18)8-12-9(16-2)14-10(13-8)17-3/h4-6H2,1-3H3,(H2,11,18). The summed E-state index contributed by atoms with van der Waals surface area (Å²) in [6.45, 7) is 3.35. The van der Waals surface area contributed by atoms with Gasteiger partial charge in [0.2, 0.25) is 5.95 Å². The van der Waals surface area contributed by atoms with E-state index in [1.807, 2.05) is 11.8 Å². The maximum Gasteiger partial charge on any atom is 0.324 e. The molecule has 1 heterocycles. The van der Waals surface area contributed by atoms with Crippen LogP contribution in [0.15, 0.2) is 0 Å². The van der Waals surface area contributed by atoms with E-state index >= 15 is 0 Å². The molecule has 8 heteroatoms. The second-order valence-electron chi connectivity index (χ2n) is 3.40. The molecule has 1 aromatic heterocycles. The molecule has 0 spiro atoms. The molecule has 7 nitrogen and oxygen atoms in total. The van der Waals surface area contributed by atoms with Gasteiger partial charge in [0, 0.05) is 19.5 Å². The molecule has 0 aromatic carbocycles. The molecular weight excluding hydrogens is 254 g/mol. The van der Waals surface area contributed by atoms with Crippen LogP contribution in [0.4, 0.5) is 5.95 Å². The summed E-state index contributed by atoms with van der Waals surface area (Å²) in [6.07, 6.45) is 0.597. The molecule has 0 saturated heterocycles. The van der Waals surface area contributed by atoms with Crippen molar-refractivity contribution in [2.45, 2.75) is 13.3 Å². The molecule has 0 fully saturated rings. The lowest BCUT2D eigenvalue weighted by molar-refractivity contribution is 0.340. The van der Waals surface area contributed by atoms with E-state index in [-0.39, 0.29) is 12.0 Å². The lowest BCUT2D eigenvalue weighted by atomic mass is 10.4. The molecule has 0 atom stereocenters. The zero-order chi connectivity index (χ0) is 13.5. The third kappa shape index (κ3) is 3.95. The van der Waals surface area contributed by atoms with Crippen molar-refractivity contribution < 1.29 is 9.47 Å². The van der Waals surface area contributed by atoms with Gasteiger partial charge in [-0.05, 0) is 6.92 Å². The van der Waals surface area contributed by atoms with Crippen LogP contribution in [-0.4, -0.2) is 47.2 Å². The number of nitrogens with two attached hydrogens (primary N) is 1. The fourth-order valence-electron chi connectivity index (χ4n) is 1.30. The number of anilines is 1. The number of methoxy groups -OCH3 is 2. The molecular formula is C10H17N5O2S. The van der Waals surface area contributed by atoms with Crippen molar-refractivity contribution in [1.82, 2.24) is 15.0 Å². The second-order valence-corrected chi connectivity index (χ2v) is 3.93. The van der Waals surface area contributed by atoms with Gasteiger partial charge < -0.3 is 20.1 Å². The third-order valence-corrected chi connectivity index (χ3v) is 2.44. The highest BCUT2D eigenvalue weighted by Gasteiger charge is 2.13. The number of aromatic nitrogens is 3. The summed E-state index contributed by atoms with van der Waals surface area (Å²) in [7, 11) is 2.98. The Morgan fingerprint density at radius 2 is 1.78 bits per heavy atom. The number of ether oxygens (including phenoxy) is 2. The van der Waals surface area contributed by atoms with E-state index in [0.29, 0.717) is 23.9 Å². The minimum atomic E-state index is 0.214. The molecule has 100 valence electrons. The SMILES string of the molecule is CCN(CCC(N)=S)c1nc(OC)nc(OC)n1. The number of thiocarbonyl (C=S) groups is 1. The van der Waals surface area contributed by atoms with Crippen molar-refractivity contribution in [2.24, 2.45) is 5.73 Å². The van der Waals surface area contributed by atoms with Crippen LogP contribution in [0.5, 0.6) is 12.0 Å². The van der Waals surface area contributed by atoms with E-state index in [1.54, 1.807) is 0 Å². The Balaban J connectivity index is 2.93. The average molecular weight is 271 g/mol. The topological polar surface area (TPSA) is 86.4 Å². The minimum Gasteiger partial charge on any atom is -0.467 e.